The summed E-state index contributed by atoms with van der Waals surface area (Å²) < 4.78 is 5.96. The number of hydrogen-bond acceptors (Lipinski definition) is 2. The van der Waals surface area contributed by atoms with Gasteiger partial charge in [0.15, 0.2) is 5.78 Å². The summed E-state index contributed by atoms with van der Waals surface area (Å²) >= 11 is 0. The summed E-state index contributed by atoms with van der Waals surface area (Å²) in [7, 11) is 0. The van der Waals surface area contributed by atoms with Crippen molar-refractivity contribution in [2.45, 2.75) is 77.9 Å². The molecular formula is C20H30O2. The van der Waals surface area contributed by atoms with Crippen LogP contribution >= 0.6 is 0 Å². The third kappa shape index (κ3) is 4.42. The summed E-state index contributed by atoms with van der Waals surface area (Å²) in [6.45, 7) is 12.5. The lowest BCUT2D eigenvalue weighted by molar-refractivity contribution is -0.116. The molecule has 2 rings (SSSR count). The normalized spacial score (nSPS) is 38.8. The zero-order valence-electron chi connectivity index (χ0n) is 14.6. The van der Waals surface area contributed by atoms with Gasteiger partial charge < -0.3 is 4.74 Å². The zero-order chi connectivity index (χ0) is 16.3. The first-order valence-electron chi connectivity index (χ1n) is 8.50. The zero-order valence-corrected chi connectivity index (χ0v) is 14.6. The smallest absolute Gasteiger partial charge is 0.158 e. The molecule has 2 heteroatoms. The van der Waals surface area contributed by atoms with Gasteiger partial charge in [-0.1, -0.05) is 29.9 Å². The van der Waals surface area contributed by atoms with Crippen LogP contribution in [0, 0.1) is 5.92 Å². The quantitative estimate of drug-likeness (QED) is 0.495. The molecule has 0 N–H and O–H groups in total. The minimum atomic E-state index is 0.00251. The van der Waals surface area contributed by atoms with E-state index in [-0.39, 0.29) is 23.4 Å². The molecule has 122 valence electrons. The average molecular weight is 302 g/mol. The second kappa shape index (κ2) is 6.95. The predicted molar refractivity (Wildman–Crippen MR) is 91.8 cm³/mol. The van der Waals surface area contributed by atoms with E-state index in [2.05, 4.69) is 32.6 Å². The van der Waals surface area contributed by atoms with Gasteiger partial charge in [-0.2, -0.15) is 0 Å². The molecule has 0 bridgehead atoms. The first-order chi connectivity index (χ1) is 10.3. The number of ketones is 1. The molecule has 2 nitrogen and oxygen atoms in total. The third-order valence-corrected chi connectivity index (χ3v) is 5.23. The SMILES string of the molecule is C=C(C)C1CC(=O)/C(C)=C/CC/C(C)=C/CC[C@]2(C)OC2C1. The molecule has 0 saturated carbocycles. The highest BCUT2D eigenvalue weighted by molar-refractivity contribution is 5.95. The fraction of sp³-hybridized carbons (Fsp3) is 0.650. The van der Waals surface area contributed by atoms with Crippen molar-refractivity contribution in [2.75, 3.05) is 0 Å². The van der Waals surface area contributed by atoms with Gasteiger partial charge in [0, 0.05) is 6.42 Å². The molecule has 1 saturated heterocycles. The highest BCUT2D eigenvalue weighted by atomic mass is 16.6. The van der Waals surface area contributed by atoms with Crippen molar-refractivity contribution < 1.29 is 9.53 Å². The van der Waals surface area contributed by atoms with Crippen LogP contribution in [0.25, 0.3) is 0 Å². The molecule has 2 aliphatic rings. The maximum atomic E-state index is 12.4. The van der Waals surface area contributed by atoms with E-state index in [1.165, 1.54) is 5.57 Å². The fourth-order valence-corrected chi connectivity index (χ4v) is 3.25. The van der Waals surface area contributed by atoms with Crippen LogP contribution in [-0.2, 0) is 9.53 Å². The van der Waals surface area contributed by atoms with Crippen LogP contribution in [-0.4, -0.2) is 17.5 Å². The van der Waals surface area contributed by atoms with E-state index in [1.54, 1.807) is 0 Å². The second-order valence-corrected chi connectivity index (χ2v) is 7.34. The van der Waals surface area contributed by atoms with E-state index in [9.17, 15) is 4.79 Å². The summed E-state index contributed by atoms with van der Waals surface area (Å²) in [6.07, 6.45) is 10.3. The van der Waals surface area contributed by atoms with E-state index in [0.29, 0.717) is 6.42 Å². The largest absolute Gasteiger partial charge is 0.366 e. The third-order valence-electron chi connectivity index (χ3n) is 5.23. The number of Topliss-reactive ketones (excluding diaryl/α,β-unsaturated/α-hetero) is 1. The maximum absolute atomic E-state index is 12.4. The number of ether oxygens (including phenoxy) is 1. The Morgan fingerprint density at radius 1 is 1.32 bits per heavy atom. The van der Waals surface area contributed by atoms with Gasteiger partial charge in [0.25, 0.3) is 0 Å². The van der Waals surface area contributed by atoms with Crippen LogP contribution in [0.15, 0.2) is 35.5 Å². The molecular weight excluding hydrogens is 272 g/mol. The second-order valence-electron chi connectivity index (χ2n) is 7.34. The Kier molecular flexibility index (Phi) is 5.44. The number of fused-ring (bicyclic) bond motifs is 1. The fourth-order valence-electron chi connectivity index (χ4n) is 3.25. The Bertz CT molecular complexity index is 512. The van der Waals surface area contributed by atoms with Crippen molar-refractivity contribution in [3.8, 4) is 0 Å². The Balaban J connectivity index is 2.14. The molecule has 0 spiro atoms. The molecule has 0 amide bonds. The van der Waals surface area contributed by atoms with Gasteiger partial charge in [-0.3, -0.25) is 4.79 Å². The van der Waals surface area contributed by atoms with Crippen LogP contribution in [0.5, 0.6) is 0 Å². The standard InChI is InChI=1S/C20H30O2/c1-14(2)17-12-18(21)16(4)10-6-8-15(3)9-7-11-20(5)19(13-17)22-20/h9-10,17,19H,1,6-8,11-13H2,2-5H3/b15-9+,16-10+/t17?,19?,20-/m0/s1. The monoisotopic (exact) mass is 302 g/mol. The molecule has 0 aromatic heterocycles. The van der Waals surface area contributed by atoms with E-state index in [0.717, 1.165) is 43.3 Å². The van der Waals surface area contributed by atoms with Gasteiger partial charge >= 0.3 is 0 Å². The van der Waals surface area contributed by atoms with E-state index < -0.39 is 0 Å². The van der Waals surface area contributed by atoms with Crippen molar-refractivity contribution in [3.05, 3.63) is 35.5 Å². The van der Waals surface area contributed by atoms with E-state index in [4.69, 9.17) is 4.74 Å². The van der Waals surface area contributed by atoms with Gasteiger partial charge in [0.05, 0.1) is 11.7 Å². The van der Waals surface area contributed by atoms with Crippen molar-refractivity contribution >= 4 is 5.78 Å². The average Bonchev–Trinajstić information content (AvgIpc) is 3.07. The van der Waals surface area contributed by atoms with Gasteiger partial charge in [-0.15, -0.1) is 0 Å². The maximum Gasteiger partial charge on any atom is 0.158 e. The Morgan fingerprint density at radius 2 is 2.05 bits per heavy atom. The molecule has 2 unspecified atom stereocenters. The van der Waals surface area contributed by atoms with Crippen LogP contribution in [0.3, 0.4) is 0 Å². The lowest BCUT2D eigenvalue weighted by atomic mass is 9.85. The highest BCUT2D eigenvalue weighted by Gasteiger charge is 2.51. The molecule has 1 aliphatic heterocycles. The summed E-state index contributed by atoms with van der Waals surface area (Å²) in [5.41, 5.74) is 3.41. The molecule has 1 aliphatic carbocycles. The number of carbonyl (C=O) groups is 1. The lowest BCUT2D eigenvalue weighted by Gasteiger charge is -2.17. The number of rotatable bonds is 1. The molecule has 1 fully saturated rings. The summed E-state index contributed by atoms with van der Waals surface area (Å²) in [5, 5.41) is 0. The van der Waals surface area contributed by atoms with Crippen molar-refractivity contribution in [3.63, 3.8) is 0 Å². The lowest BCUT2D eigenvalue weighted by Crippen LogP contribution is -2.17. The van der Waals surface area contributed by atoms with Crippen LogP contribution < -0.4 is 0 Å². The Labute approximate surface area is 135 Å². The first kappa shape index (κ1) is 17.2. The number of carbonyl (C=O) groups excluding carboxylic acids is 1. The molecule has 3 atom stereocenters. The van der Waals surface area contributed by atoms with Crippen LogP contribution in [0.1, 0.15) is 66.2 Å². The van der Waals surface area contributed by atoms with Gasteiger partial charge in [-0.25, -0.2) is 0 Å². The van der Waals surface area contributed by atoms with Crippen molar-refractivity contribution in [1.82, 2.24) is 0 Å². The van der Waals surface area contributed by atoms with Gasteiger partial charge in [-0.05, 0) is 71.3 Å². The Morgan fingerprint density at radius 3 is 2.73 bits per heavy atom. The molecule has 0 aromatic carbocycles. The Hall–Kier alpha value is -1.15. The molecule has 0 aromatic rings. The summed E-state index contributed by atoms with van der Waals surface area (Å²) in [4.78, 5) is 12.4. The molecule has 0 radical (unpaired) electrons. The van der Waals surface area contributed by atoms with E-state index in [1.807, 2.05) is 13.8 Å². The van der Waals surface area contributed by atoms with Crippen molar-refractivity contribution in [2.24, 2.45) is 5.92 Å². The molecule has 22 heavy (non-hydrogen) atoms. The minimum Gasteiger partial charge on any atom is -0.366 e. The van der Waals surface area contributed by atoms with Gasteiger partial charge in [0.2, 0.25) is 0 Å². The minimum absolute atomic E-state index is 0.00251. The number of epoxide rings is 1. The predicted octanol–water partition coefficient (Wildman–Crippen LogP) is 5.15. The van der Waals surface area contributed by atoms with Gasteiger partial charge in [0.1, 0.15) is 0 Å². The van der Waals surface area contributed by atoms with Crippen LogP contribution in [0.2, 0.25) is 0 Å². The first-order valence-corrected chi connectivity index (χ1v) is 8.50. The van der Waals surface area contributed by atoms with Crippen molar-refractivity contribution in [1.29, 1.82) is 0 Å². The topological polar surface area (TPSA) is 29.6 Å². The van der Waals surface area contributed by atoms with E-state index >= 15 is 0 Å². The summed E-state index contributed by atoms with van der Waals surface area (Å²) in [6, 6.07) is 0. The number of allylic oxidation sites excluding steroid dienone is 5. The molecule has 1 heterocycles. The number of hydrogen-bond donors (Lipinski definition) is 0. The summed E-state index contributed by atoms with van der Waals surface area (Å²) in [5.74, 6) is 0.497. The highest BCUT2D eigenvalue weighted by Crippen LogP contribution is 2.45. The van der Waals surface area contributed by atoms with Crippen LogP contribution in [0.4, 0.5) is 0 Å².